The molecule has 3 heteroatoms. The molecule has 0 radical (unpaired) electrons. The predicted octanol–water partition coefficient (Wildman–Crippen LogP) is 3.40. The van der Waals surface area contributed by atoms with Gasteiger partial charge in [0, 0.05) is 28.2 Å². The lowest BCUT2D eigenvalue weighted by molar-refractivity contribution is 0.112. The van der Waals surface area contributed by atoms with Crippen LogP contribution in [0.1, 0.15) is 10.4 Å². The quantitative estimate of drug-likeness (QED) is 0.615. The number of carbonyl (C=O) groups excluding carboxylic acids is 1. The first-order valence-corrected chi connectivity index (χ1v) is 5.40. The molecule has 0 N–H and O–H groups in total. The summed E-state index contributed by atoms with van der Waals surface area (Å²) in [6.07, 6.45) is 4.55. The van der Waals surface area contributed by atoms with E-state index in [0.717, 1.165) is 21.7 Å². The van der Waals surface area contributed by atoms with E-state index in [4.69, 9.17) is 0 Å². The van der Waals surface area contributed by atoms with Crippen LogP contribution in [0.4, 0.5) is 0 Å². The first-order valence-electron chi connectivity index (χ1n) is 4.61. The molecule has 0 atom stereocenters. The zero-order valence-corrected chi connectivity index (χ0v) is 9.70. The molecule has 0 aliphatic rings. The summed E-state index contributed by atoms with van der Waals surface area (Å²) in [6.45, 7) is 4.40. The maximum atomic E-state index is 10.9. The summed E-state index contributed by atoms with van der Waals surface area (Å²) < 4.78 is 3.01. The fourth-order valence-corrected chi connectivity index (χ4v) is 2.31. The van der Waals surface area contributed by atoms with Crippen molar-refractivity contribution >= 4 is 33.1 Å². The van der Waals surface area contributed by atoms with E-state index in [1.807, 2.05) is 35.0 Å². The first-order chi connectivity index (χ1) is 7.27. The highest BCUT2D eigenvalue weighted by molar-refractivity contribution is 9.10. The van der Waals surface area contributed by atoms with Crippen molar-refractivity contribution in [2.75, 3.05) is 0 Å². The molecule has 1 heterocycles. The van der Waals surface area contributed by atoms with Crippen LogP contribution in [0.5, 0.6) is 0 Å². The highest BCUT2D eigenvalue weighted by atomic mass is 79.9. The average Bonchev–Trinajstić information content (AvgIpc) is 2.59. The van der Waals surface area contributed by atoms with E-state index in [1.54, 1.807) is 0 Å². The molecule has 0 spiro atoms. The van der Waals surface area contributed by atoms with Gasteiger partial charge < -0.3 is 4.57 Å². The number of benzene rings is 1. The van der Waals surface area contributed by atoms with Gasteiger partial charge in [0.25, 0.3) is 0 Å². The smallest absolute Gasteiger partial charge is 0.152 e. The molecule has 0 saturated carbocycles. The molecule has 1 aromatic heterocycles. The van der Waals surface area contributed by atoms with Crippen molar-refractivity contribution in [1.82, 2.24) is 4.57 Å². The van der Waals surface area contributed by atoms with Crippen LogP contribution in [0, 0.1) is 0 Å². The maximum absolute atomic E-state index is 10.9. The van der Waals surface area contributed by atoms with Crippen molar-refractivity contribution in [3.05, 3.63) is 47.1 Å². The number of halogens is 1. The normalized spacial score (nSPS) is 10.5. The number of fused-ring (bicyclic) bond motifs is 1. The maximum Gasteiger partial charge on any atom is 0.152 e. The van der Waals surface area contributed by atoms with E-state index in [0.29, 0.717) is 12.1 Å². The molecule has 1 aromatic carbocycles. The highest BCUT2D eigenvalue weighted by Gasteiger charge is 2.09. The standard InChI is InChI=1S/C12H10BrNO/c1-2-6-14-7-9(8-15)10-4-3-5-11(13)12(10)14/h2-5,7-8H,1,6H2. The van der Waals surface area contributed by atoms with Crippen molar-refractivity contribution < 1.29 is 4.79 Å². The van der Waals surface area contributed by atoms with Gasteiger partial charge in [0.1, 0.15) is 0 Å². The topological polar surface area (TPSA) is 22.0 Å². The SMILES string of the molecule is C=CCn1cc(C=O)c2cccc(Br)c21. The lowest BCUT2D eigenvalue weighted by Crippen LogP contribution is -1.92. The Morgan fingerprint density at radius 1 is 1.47 bits per heavy atom. The number of aromatic nitrogens is 1. The van der Waals surface area contributed by atoms with Crippen LogP contribution in [-0.4, -0.2) is 10.9 Å². The largest absolute Gasteiger partial charge is 0.342 e. The van der Waals surface area contributed by atoms with Gasteiger partial charge in [0.05, 0.1) is 5.52 Å². The fourth-order valence-electron chi connectivity index (χ4n) is 1.72. The van der Waals surface area contributed by atoms with Gasteiger partial charge in [-0.25, -0.2) is 0 Å². The monoisotopic (exact) mass is 263 g/mol. The van der Waals surface area contributed by atoms with Crippen LogP contribution >= 0.6 is 15.9 Å². The number of allylic oxidation sites excluding steroid dienone is 1. The Morgan fingerprint density at radius 3 is 2.93 bits per heavy atom. The van der Waals surface area contributed by atoms with Crippen molar-refractivity contribution in [2.24, 2.45) is 0 Å². The first kappa shape index (κ1) is 10.2. The van der Waals surface area contributed by atoms with Gasteiger partial charge in [-0.1, -0.05) is 18.2 Å². The summed E-state index contributed by atoms with van der Waals surface area (Å²) in [4.78, 5) is 10.9. The van der Waals surface area contributed by atoms with E-state index < -0.39 is 0 Å². The van der Waals surface area contributed by atoms with Crippen LogP contribution < -0.4 is 0 Å². The molecule has 0 aliphatic heterocycles. The van der Waals surface area contributed by atoms with Gasteiger partial charge in [-0.3, -0.25) is 4.79 Å². The van der Waals surface area contributed by atoms with Crippen LogP contribution in [0.3, 0.4) is 0 Å². The molecule has 0 unspecified atom stereocenters. The Kier molecular flexibility index (Phi) is 2.73. The lowest BCUT2D eigenvalue weighted by Gasteiger charge is -2.02. The molecule has 0 aliphatic carbocycles. The van der Waals surface area contributed by atoms with Crippen LogP contribution in [0.2, 0.25) is 0 Å². The average molecular weight is 264 g/mol. The molecule has 0 bridgehead atoms. The van der Waals surface area contributed by atoms with Crippen molar-refractivity contribution in [1.29, 1.82) is 0 Å². The summed E-state index contributed by atoms with van der Waals surface area (Å²) >= 11 is 3.49. The third kappa shape index (κ3) is 1.63. The Balaban J connectivity index is 2.81. The van der Waals surface area contributed by atoms with Crippen LogP contribution in [0.15, 0.2) is 41.5 Å². The zero-order valence-electron chi connectivity index (χ0n) is 8.11. The van der Waals surface area contributed by atoms with Gasteiger partial charge >= 0.3 is 0 Å². The molecular weight excluding hydrogens is 254 g/mol. The number of rotatable bonds is 3. The minimum Gasteiger partial charge on any atom is -0.342 e. The number of hydrogen-bond acceptors (Lipinski definition) is 1. The Hall–Kier alpha value is -1.35. The van der Waals surface area contributed by atoms with E-state index in [-0.39, 0.29) is 0 Å². The Bertz CT molecular complexity index is 528. The molecule has 76 valence electrons. The van der Waals surface area contributed by atoms with Crippen LogP contribution in [-0.2, 0) is 6.54 Å². The summed E-state index contributed by atoms with van der Waals surface area (Å²) in [5.74, 6) is 0. The lowest BCUT2D eigenvalue weighted by atomic mass is 10.2. The third-order valence-corrected chi connectivity index (χ3v) is 2.97. The second kappa shape index (κ2) is 4.03. The Morgan fingerprint density at radius 2 is 2.27 bits per heavy atom. The van der Waals surface area contributed by atoms with E-state index >= 15 is 0 Å². The number of para-hydroxylation sites is 1. The third-order valence-electron chi connectivity index (χ3n) is 2.33. The molecule has 0 fully saturated rings. The van der Waals surface area contributed by atoms with Crippen molar-refractivity contribution in [2.45, 2.75) is 6.54 Å². The molecule has 15 heavy (non-hydrogen) atoms. The summed E-state index contributed by atoms with van der Waals surface area (Å²) in [5.41, 5.74) is 1.76. The summed E-state index contributed by atoms with van der Waals surface area (Å²) in [6, 6.07) is 5.84. The fraction of sp³-hybridized carbons (Fsp3) is 0.0833. The Labute approximate surface area is 96.3 Å². The second-order valence-electron chi connectivity index (χ2n) is 3.28. The number of carbonyl (C=O) groups is 1. The molecule has 2 aromatic rings. The van der Waals surface area contributed by atoms with Gasteiger partial charge in [-0.15, -0.1) is 6.58 Å². The van der Waals surface area contributed by atoms with Gasteiger partial charge in [-0.2, -0.15) is 0 Å². The van der Waals surface area contributed by atoms with Crippen molar-refractivity contribution in [3.63, 3.8) is 0 Å². The summed E-state index contributed by atoms with van der Waals surface area (Å²) in [5, 5.41) is 0.973. The molecule has 0 saturated heterocycles. The second-order valence-corrected chi connectivity index (χ2v) is 4.13. The number of aldehydes is 1. The molecule has 0 amide bonds. The summed E-state index contributed by atoms with van der Waals surface area (Å²) in [7, 11) is 0. The molecule has 2 nitrogen and oxygen atoms in total. The predicted molar refractivity (Wildman–Crippen MR) is 65.2 cm³/mol. The number of nitrogens with zero attached hydrogens (tertiary/aromatic N) is 1. The minimum atomic E-state index is 0.701. The molecular formula is C12H10BrNO. The zero-order chi connectivity index (χ0) is 10.8. The van der Waals surface area contributed by atoms with E-state index in [1.165, 1.54) is 0 Å². The number of hydrogen-bond donors (Lipinski definition) is 0. The van der Waals surface area contributed by atoms with E-state index in [2.05, 4.69) is 22.5 Å². The van der Waals surface area contributed by atoms with Crippen LogP contribution in [0.25, 0.3) is 10.9 Å². The molecule has 2 rings (SSSR count). The highest BCUT2D eigenvalue weighted by Crippen LogP contribution is 2.27. The van der Waals surface area contributed by atoms with Gasteiger partial charge in [0.15, 0.2) is 6.29 Å². The van der Waals surface area contributed by atoms with Gasteiger partial charge in [-0.05, 0) is 22.0 Å². The van der Waals surface area contributed by atoms with E-state index in [9.17, 15) is 4.79 Å². The minimum absolute atomic E-state index is 0.701. The van der Waals surface area contributed by atoms with Gasteiger partial charge in [0.2, 0.25) is 0 Å². The van der Waals surface area contributed by atoms with Crippen molar-refractivity contribution in [3.8, 4) is 0 Å².